The maximum Gasteiger partial charge on any atom is 0.243 e. The number of hydrogen-bond donors (Lipinski definition) is 13. The van der Waals surface area contributed by atoms with Gasteiger partial charge in [0.25, 0.3) is 0 Å². The summed E-state index contributed by atoms with van der Waals surface area (Å²) in [4.78, 5) is 150. The number of hydrogen-bond acceptors (Lipinski definition) is 18. The third kappa shape index (κ3) is 21.1. The summed E-state index contributed by atoms with van der Waals surface area (Å²) >= 11 is 0. The Balaban J connectivity index is 0.689. The van der Waals surface area contributed by atoms with E-state index in [1.54, 1.807) is 12.4 Å². The lowest BCUT2D eigenvalue weighted by Gasteiger charge is -2.27. The highest BCUT2D eigenvalue weighted by atomic mass is 16.2. The number of rotatable bonds is 47. The van der Waals surface area contributed by atoms with Crippen molar-refractivity contribution in [1.29, 1.82) is 0 Å². The second kappa shape index (κ2) is 41.4. The van der Waals surface area contributed by atoms with Crippen molar-refractivity contribution in [3.05, 3.63) is 162 Å². The number of pyridine rings is 3. The molecule has 0 aliphatic rings. The molecule has 30 heteroatoms. The smallest absolute Gasteiger partial charge is 0.243 e. The maximum atomic E-state index is 15.5. The fourth-order valence-electron chi connectivity index (χ4n) is 16.4. The van der Waals surface area contributed by atoms with Gasteiger partial charge in [0.15, 0.2) is 17.5 Å². The van der Waals surface area contributed by atoms with E-state index in [1.807, 2.05) is 121 Å². The molecule has 0 aliphatic carbocycles. The van der Waals surface area contributed by atoms with Crippen LogP contribution in [0.15, 0.2) is 134 Å². The van der Waals surface area contributed by atoms with E-state index in [1.165, 1.54) is 0 Å². The zero-order valence-electron chi connectivity index (χ0n) is 70.0. The predicted molar refractivity (Wildman–Crippen MR) is 479 cm³/mol. The van der Waals surface area contributed by atoms with Crippen LogP contribution in [0.3, 0.4) is 0 Å². The summed E-state index contributed by atoms with van der Waals surface area (Å²) in [5.41, 5.74) is 42.0. The van der Waals surface area contributed by atoms with Crippen LogP contribution in [0.1, 0.15) is 178 Å². The van der Waals surface area contributed by atoms with Crippen LogP contribution in [0, 0.1) is 0 Å². The number of fused-ring (bicyclic) bond motifs is 11. The first-order valence-corrected chi connectivity index (χ1v) is 43.3. The number of aryl methyl sites for hydroxylation is 6. The summed E-state index contributed by atoms with van der Waals surface area (Å²) < 4.78 is 6.66. The Morgan fingerprint density at radius 3 is 1.17 bits per heavy atom. The molecule has 640 valence electrons. The minimum absolute atomic E-state index is 0.0824. The fraction of sp³-hybridized carbons (Fsp3) is 0.413. The lowest BCUT2D eigenvalue weighted by Crippen LogP contribution is -2.59. The second-order valence-electron chi connectivity index (χ2n) is 31.9. The zero-order chi connectivity index (χ0) is 85.8. The van der Waals surface area contributed by atoms with E-state index in [-0.39, 0.29) is 76.0 Å². The first kappa shape index (κ1) is 87.0. The van der Waals surface area contributed by atoms with Crippen molar-refractivity contribution in [1.82, 2.24) is 85.5 Å². The molecule has 18 N–H and O–H groups in total. The van der Waals surface area contributed by atoms with Gasteiger partial charge in [0, 0.05) is 141 Å². The third-order valence-corrected chi connectivity index (χ3v) is 23.1. The van der Waals surface area contributed by atoms with E-state index >= 15 is 14.4 Å². The molecule has 0 aliphatic heterocycles. The highest BCUT2D eigenvalue weighted by Crippen LogP contribution is 2.34. The van der Waals surface area contributed by atoms with E-state index in [2.05, 4.69) is 91.3 Å². The van der Waals surface area contributed by atoms with Crippen molar-refractivity contribution in [2.75, 3.05) is 30.3 Å². The Kier molecular flexibility index (Phi) is 29.5. The van der Waals surface area contributed by atoms with E-state index in [0.29, 0.717) is 110 Å². The number of imidazole rings is 3. The van der Waals surface area contributed by atoms with Crippen molar-refractivity contribution in [2.45, 2.75) is 231 Å². The normalized spacial score (nSPS) is 13.0. The summed E-state index contributed by atoms with van der Waals surface area (Å²) in [5, 5.41) is 21.7. The molecule has 13 rings (SSSR count). The van der Waals surface area contributed by atoms with Crippen LogP contribution >= 0.6 is 0 Å². The number of anilines is 3. The molecule has 30 nitrogen and oxygen atoms in total. The number of nitrogens with two attached hydrogens (primary N) is 5. The fourth-order valence-corrected chi connectivity index (χ4v) is 16.4. The molecule has 5 aromatic carbocycles. The van der Waals surface area contributed by atoms with Gasteiger partial charge in [0.1, 0.15) is 64.0 Å². The van der Waals surface area contributed by atoms with Crippen LogP contribution < -0.4 is 60.6 Å². The van der Waals surface area contributed by atoms with Gasteiger partial charge in [-0.2, -0.15) is 0 Å². The Morgan fingerprint density at radius 2 is 0.746 bits per heavy atom. The van der Waals surface area contributed by atoms with Crippen LogP contribution in [-0.2, 0) is 90.1 Å². The highest BCUT2D eigenvalue weighted by Gasteiger charge is 2.34. The first-order valence-electron chi connectivity index (χ1n) is 43.3. The van der Waals surface area contributed by atoms with Gasteiger partial charge >= 0.3 is 0 Å². The van der Waals surface area contributed by atoms with Gasteiger partial charge in [-0.05, 0) is 119 Å². The van der Waals surface area contributed by atoms with Gasteiger partial charge in [-0.25, -0.2) is 29.9 Å². The zero-order valence-corrected chi connectivity index (χ0v) is 70.0. The Morgan fingerprint density at radius 1 is 0.385 bits per heavy atom. The standard InChI is InChI=1S/C92H114N22O8/c1-4-7-38-74-109-79-82(61-30-14-19-35-67(61)102-85(79)94)112(74)49-24-10-11-27-58(115)41-43-70(88(97)118)105-91(121)73(53-57-55-101-66-34-18-13-29-60(57)66)108-90(120)71(44-46-78(117)99-48-23-26-51-114-76(40-9-6-3)111-81-84(114)63-32-16-21-37-69(63)104-87(81)96)106-92(122)72(52-56-54-100-65-33-17-12-28-59(56)65)107-89(119)64(93)42-45-77(116)98-47-22-25-50-113-75(39-8-5-2)110-80-83(113)62-31-15-20-36-68(62)103-86(80)95/h12-21,28-37,54-55,64,70-73,100-101H,4-11,22-27,38-53,93H2,1-3H3,(H2,94,102)(H2,95,103)(H2,96,104)(H2,97,118)(H,98,116)(H,99,117)(H,105,121)(H,106,122)(H,107,119)(H,108,120). The van der Waals surface area contributed by atoms with Crippen molar-refractivity contribution in [3.63, 3.8) is 0 Å². The number of nitrogens with one attached hydrogen (secondary N) is 8. The Hall–Kier alpha value is -12.9. The minimum atomic E-state index is -1.54. The van der Waals surface area contributed by atoms with Crippen LogP contribution in [0.2, 0.25) is 0 Å². The summed E-state index contributed by atoms with van der Waals surface area (Å²) in [6, 6.07) is 31.4. The molecule has 0 bridgehead atoms. The molecule has 5 unspecified atom stereocenters. The molecule has 0 spiro atoms. The molecule has 7 amide bonds. The molecular weight excluding hydrogens is 1540 g/mol. The van der Waals surface area contributed by atoms with Crippen LogP contribution in [0.5, 0.6) is 0 Å². The van der Waals surface area contributed by atoms with Crippen molar-refractivity contribution in [2.24, 2.45) is 11.5 Å². The molecule has 0 saturated heterocycles. The molecular formula is C92H114N22O8. The molecule has 8 aromatic heterocycles. The number of aromatic nitrogens is 11. The lowest BCUT2D eigenvalue weighted by atomic mass is 10.0. The number of H-pyrrole nitrogens is 2. The van der Waals surface area contributed by atoms with Crippen LogP contribution in [0.4, 0.5) is 17.5 Å². The van der Waals surface area contributed by atoms with Crippen molar-refractivity contribution in [3.8, 4) is 0 Å². The summed E-state index contributed by atoms with van der Waals surface area (Å²) in [7, 11) is 0. The molecule has 122 heavy (non-hydrogen) atoms. The minimum Gasteiger partial charge on any atom is -0.382 e. The first-order chi connectivity index (χ1) is 59.3. The number of carbonyl (C=O) groups is 8. The number of para-hydroxylation sites is 5. The van der Waals surface area contributed by atoms with E-state index < -0.39 is 65.7 Å². The number of nitrogen functional groups attached to an aromatic ring is 3. The van der Waals surface area contributed by atoms with Crippen LogP contribution in [-0.4, -0.2) is 144 Å². The average Bonchev–Trinajstić information content (AvgIpc) is 1.60. The second-order valence-corrected chi connectivity index (χ2v) is 31.9. The van der Waals surface area contributed by atoms with Gasteiger partial charge < -0.3 is 84.2 Å². The lowest BCUT2D eigenvalue weighted by molar-refractivity contribution is -0.135. The van der Waals surface area contributed by atoms with Gasteiger partial charge in [0.2, 0.25) is 41.4 Å². The van der Waals surface area contributed by atoms with Crippen LogP contribution in [0.25, 0.3) is 87.6 Å². The summed E-state index contributed by atoms with van der Waals surface area (Å²) in [5.74, 6) is -1.16. The Bertz CT molecular complexity index is 5920. The van der Waals surface area contributed by atoms with Gasteiger partial charge in [0.05, 0.1) is 39.1 Å². The number of carbonyl (C=O) groups excluding carboxylic acids is 8. The number of aromatic amines is 2. The molecule has 8 heterocycles. The number of nitrogens with zero attached hydrogens (tertiary/aromatic N) is 9. The van der Waals surface area contributed by atoms with Crippen molar-refractivity contribution < 1.29 is 38.4 Å². The maximum absolute atomic E-state index is 15.5. The topological polar surface area (TPSA) is 463 Å². The van der Waals surface area contributed by atoms with Gasteiger partial charge in [-0.1, -0.05) is 137 Å². The van der Waals surface area contributed by atoms with Crippen molar-refractivity contribution >= 4 is 152 Å². The number of amides is 7. The third-order valence-electron chi connectivity index (χ3n) is 23.1. The number of benzene rings is 5. The number of primary amides is 1. The van der Waals surface area contributed by atoms with E-state index in [9.17, 15) is 24.0 Å². The molecule has 0 saturated carbocycles. The summed E-state index contributed by atoms with van der Waals surface area (Å²) in [6.45, 7) is 8.89. The molecule has 0 radical (unpaired) electrons. The number of ketones is 1. The van der Waals surface area contributed by atoms with E-state index in [4.69, 9.17) is 43.6 Å². The SMILES string of the molecule is CCCCc1nc2c(N)nc3ccccc3c2n1CCCCCC(=O)CCC(NC(=O)C(Cc1c[nH]c2ccccc12)NC(=O)C(CCC(=O)NCCCCn1c(CCCC)nc2c(N)nc3ccccc3c21)NC(=O)C(Cc1c[nH]c2ccccc12)NC(=O)C(N)CCC(=O)NCCCCn1c(CCCC)nc2c(N)nc3ccccc3c21)C(N)=O. The van der Waals surface area contributed by atoms with Gasteiger partial charge in [-0.15, -0.1) is 0 Å². The monoisotopic (exact) mass is 1650 g/mol. The summed E-state index contributed by atoms with van der Waals surface area (Å²) in [6.07, 6.45) is 15.1. The number of unbranched alkanes of at least 4 members (excludes halogenated alkanes) is 7. The number of Topliss-reactive ketones (excluding diaryl/α,β-unsaturated/α-hetero) is 1. The highest BCUT2D eigenvalue weighted by molar-refractivity contribution is 6.09. The average molecular weight is 1660 g/mol. The van der Waals surface area contributed by atoms with E-state index in [0.717, 1.165) is 153 Å². The molecule has 5 atom stereocenters. The van der Waals surface area contributed by atoms with Gasteiger partial charge in [-0.3, -0.25) is 38.4 Å². The quantitative estimate of drug-likeness (QED) is 0.0158. The Labute approximate surface area is 707 Å². The largest absolute Gasteiger partial charge is 0.382 e. The predicted octanol–water partition coefficient (Wildman–Crippen LogP) is 11.0. The molecule has 0 fully saturated rings. The molecule has 13 aromatic rings.